The summed E-state index contributed by atoms with van der Waals surface area (Å²) in [6.07, 6.45) is 5.07. The maximum absolute atomic E-state index is 6.18. The average molecular weight is 291 g/mol. The Kier molecular flexibility index (Phi) is 3.68. The zero-order chi connectivity index (χ0) is 14.1. The number of fused-ring (bicyclic) bond motifs is 2. The Balaban J connectivity index is 2.10. The van der Waals surface area contributed by atoms with E-state index in [9.17, 15) is 0 Å². The molecule has 0 spiro atoms. The minimum absolute atomic E-state index is 0.675. The Morgan fingerprint density at radius 2 is 2.10 bits per heavy atom. The van der Waals surface area contributed by atoms with Gasteiger partial charge in [-0.2, -0.15) is 5.10 Å². The van der Waals surface area contributed by atoms with Crippen LogP contribution in [-0.2, 0) is 19.9 Å². The molecule has 0 saturated carbocycles. The monoisotopic (exact) mass is 290 g/mol. The van der Waals surface area contributed by atoms with Gasteiger partial charge in [-0.15, -0.1) is 0 Å². The van der Waals surface area contributed by atoms with Crippen LogP contribution in [-0.4, -0.2) is 22.9 Å². The Morgan fingerprint density at radius 3 is 2.90 bits per heavy atom. The highest BCUT2D eigenvalue weighted by molar-refractivity contribution is 6.30. The second-order valence-electron chi connectivity index (χ2n) is 5.22. The molecule has 0 bridgehead atoms. The van der Waals surface area contributed by atoms with Crippen molar-refractivity contribution in [3.8, 4) is 0 Å². The van der Waals surface area contributed by atoms with Crippen molar-refractivity contribution in [2.24, 2.45) is 12.8 Å². The summed E-state index contributed by atoms with van der Waals surface area (Å²) in [7, 11) is 1.97. The van der Waals surface area contributed by atoms with E-state index in [0.717, 1.165) is 36.6 Å². The number of anilines is 2. The number of nitrogens with zero attached hydrogens (tertiary/aromatic N) is 3. The molecule has 106 valence electrons. The first-order valence-electron chi connectivity index (χ1n) is 6.97. The molecule has 1 aromatic carbocycles. The highest BCUT2D eigenvalue weighted by Crippen LogP contribution is 2.36. The van der Waals surface area contributed by atoms with Gasteiger partial charge in [0.2, 0.25) is 0 Å². The van der Waals surface area contributed by atoms with E-state index in [4.69, 9.17) is 17.3 Å². The second-order valence-corrected chi connectivity index (χ2v) is 5.65. The van der Waals surface area contributed by atoms with Crippen molar-refractivity contribution in [1.82, 2.24) is 9.78 Å². The van der Waals surface area contributed by atoms with E-state index in [0.29, 0.717) is 6.54 Å². The molecule has 2 heterocycles. The predicted molar refractivity (Wildman–Crippen MR) is 82.7 cm³/mol. The maximum Gasteiger partial charge on any atom is 0.158 e. The van der Waals surface area contributed by atoms with Gasteiger partial charge in [-0.05, 0) is 43.5 Å². The summed E-state index contributed by atoms with van der Waals surface area (Å²) >= 11 is 6.18. The predicted octanol–water partition coefficient (Wildman–Crippen LogP) is 2.66. The molecule has 2 aromatic rings. The van der Waals surface area contributed by atoms with Crippen LogP contribution in [0.2, 0.25) is 5.02 Å². The third kappa shape index (κ3) is 2.41. The number of benzene rings is 1. The summed E-state index contributed by atoms with van der Waals surface area (Å²) in [4.78, 5) is 2.26. The van der Waals surface area contributed by atoms with E-state index >= 15 is 0 Å². The molecule has 1 aliphatic rings. The highest BCUT2D eigenvalue weighted by atomic mass is 35.5. The number of halogens is 1. The van der Waals surface area contributed by atoms with Crippen LogP contribution in [0.15, 0.2) is 24.4 Å². The van der Waals surface area contributed by atoms with Gasteiger partial charge in [0.05, 0.1) is 0 Å². The SMILES string of the molecule is Cn1cc2c(n1)N(CCCN)c1cc(Cl)ccc1CC2. The molecule has 2 N–H and O–H groups in total. The lowest BCUT2D eigenvalue weighted by Crippen LogP contribution is -2.22. The van der Waals surface area contributed by atoms with Gasteiger partial charge in [0, 0.05) is 36.1 Å². The fraction of sp³-hybridized carbons (Fsp3) is 0.400. The van der Waals surface area contributed by atoms with Crippen LogP contribution in [0.3, 0.4) is 0 Å². The van der Waals surface area contributed by atoms with Gasteiger partial charge in [0.15, 0.2) is 5.82 Å². The smallest absolute Gasteiger partial charge is 0.158 e. The summed E-state index contributed by atoms with van der Waals surface area (Å²) < 4.78 is 1.88. The van der Waals surface area contributed by atoms with Crippen LogP contribution in [0.25, 0.3) is 0 Å². The van der Waals surface area contributed by atoms with Gasteiger partial charge in [-0.1, -0.05) is 17.7 Å². The number of nitrogens with two attached hydrogens (primary N) is 1. The van der Waals surface area contributed by atoms with Crippen molar-refractivity contribution >= 4 is 23.1 Å². The fourth-order valence-electron chi connectivity index (χ4n) is 2.79. The summed E-state index contributed by atoms with van der Waals surface area (Å²) in [6, 6.07) is 6.13. The minimum Gasteiger partial charge on any atom is -0.330 e. The summed E-state index contributed by atoms with van der Waals surface area (Å²) in [5.41, 5.74) is 9.47. The van der Waals surface area contributed by atoms with Crippen molar-refractivity contribution in [1.29, 1.82) is 0 Å². The zero-order valence-electron chi connectivity index (χ0n) is 11.6. The molecule has 0 unspecified atom stereocenters. The van der Waals surface area contributed by atoms with Gasteiger partial charge in [0.25, 0.3) is 0 Å². The molecule has 0 aliphatic carbocycles. The van der Waals surface area contributed by atoms with Gasteiger partial charge < -0.3 is 10.6 Å². The summed E-state index contributed by atoms with van der Waals surface area (Å²) in [5, 5.41) is 5.40. The van der Waals surface area contributed by atoms with Crippen LogP contribution < -0.4 is 10.6 Å². The molecule has 20 heavy (non-hydrogen) atoms. The molecule has 1 aliphatic heterocycles. The maximum atomic E-state index is 6.18. The Hall–Kier alpha value is -1.52. The topological polar surface area (TPSA) is 47.1 Å². The molecule has 1 aromatic heterocycles. The molecule has 0 atom stereocenters. The van der Waals surface area contributed by atoms with Crippen LogP contribution in [0, 0.1) is 0 Å². The van der Waals surface area contributed by atoms with Gasteiger partial charge >= 0.3 is 0 Å². The minimum atomic E-state index is 0.675. The quantitative estimate of drug-likeness (QED) is 0.945. The molecule has 0 radical (unpaired) electrons. The van der Waals surface area contributed by atoms with Crippen LogP contribution >= 0.6 is 11.6 Å². The number of aryl methyl sites for hydroxylation is 3. The van der Waals surface area contributed by atoms with Crippen molar-refractivity contribution in [2.75, 3.05) is 18.0 Å². The fourth-order valence-corrected chi connectivity index (χ4v) is 2.95. The van der Waals surface area contributed by atoms with Crippen molar-refractivity contribution < 1.29 is 0 Å². The van der Waals surface area contributed by atoms with E-state index in [2.05, 4.69) is 22.3 Å². The van der Waals surface area contributed by atoms with E-state index in [1.807, 2.05) is 23.9 Å². The van der Waals surface area contributed by atoms with Crippen molar-refractivity contribution in [2.45, 2.75) is 19.3 Å². The lowest BCUT2D eigenvalue weighted by molar-refractivity contribution is 0.746. The van der Waals surface area contributed by atoms with Crippen molar-refractivity contribution in [3.63, 3.8) is 0 Å². The Bertz CT molecular complexity index is 620. The first-order valence-corrected chi connectivity index (χ1v) is 7.35. The van der Waals surface area contributed by atoms with Gasteiger partial charge in [-0.3, -0.25) is 4.68 Å². The second kappa shape index (κ2) is 5.46. The third-order valence-corrected chi connectivity index (χ3v) is 3.96. The summed E-state index contributed by atoms with van der Waals surface area (Å²) in [6.45, 7) is 1.54. The lowest BCUT2D eigenvalue weighted by Gasteiger charge is -2.24. The number of hydrogen-bond donors (Lipinski definition) is 1. The zero-order valence-corrected chi connectivity index (χ0v) is 12.4. The normalized spacial score (nSPS) is 13.8. The molecular formula is C15H19ClN4. The van der Waals surface area contributed by atoms with Crippen molar-refractivity contribution in [3.05, 3.63) is 40.5 Å². The molecule has 3 rings (SSSR count). The van der Waals surface area contributed by atoms with E-state index < -0.39 is 0 Å². The Morgan fingerprint density at radius 1 is 1.30 bits per heavy atom. The highest BCUT2D eigenvalue weighted by Gasteiger charge is 2.23. The van der Waals surface area contributed by atoms with Crippen LogP contribution in [0.5, 0.6) is 0 Å². The molecular weight excluding hydrogens is 272 g/mol. The van der Waals surface area contributed by atoms with E-state index in [-0.39, 0.29) is 0 Å². The van der Waals surface area contributed by atoms with Gasteiger partial charge in [0.1, 0.15) is 0 Å². The van der Waals surface area contributed by atoms with E-state index in [1.165, 1.54) is 16.8 Å². The Labute approximate surface area is 124 Å². The molecule has 4 nitrogen and oxygen atoms in total. The molecule has 0 fully saturated rings. The summed E-state index contributed by atoms with van der Waals surface area (Å²) in [5.74, 6) is 1.04. The molecule has 0 amide bonds. The number of hydrogen-bond acceptors (Lipinski definition) is 3. The van der Waals surface area contributed by atoms with Crippen LogP contribution in [0.4, 0.5) is 11.5 Å². The standard InChI is InChI=1S/C15H19ClN4/c1-19-10-12-4-3-11-5-6-13(16)9-14(11)20(8-2-7-17)15(12)18-19/h5-6,9-10H,2-4,7-8,17H2,1H3. The first kappa shape index (κ1) is 13.5. The van der Waals surface area contributed by atoms with Crippen LogP contribution in [0.1, 0.15) is 17.5 Å². The lowest BCUT2D eigenvalue weighted by atomic mass is 10.1. The average Bonchev–Trinajstić information content (AvgIpc) is 2.73. The largest absolute Gasteiger partial charge is 0.330 e. The molecule has 0 saturated heterocycles. The third-order valence-electron chi connectivity index (χ3n) is 3.73. The number of aromatic nitrogens is 2. The molecule has 5 heteroatoms. The van der Waals surface area contributed by atoms with E-state index in [1.54, 1.807) is 0 Å². The van der Waals surface area contributed by atoms with Gasteiger partial charge in [-0.25, -0.2) is 0 Å². The number of rotatable bonds is 3. The first-order chi connectivity index (χ1) is 9.69.